The average Bonchev–Trinajstić information content (AvgIpc) is 2.69. The van der Waals surface area contributed by atoms with Gasteiger partial charge in [0.25, 0.3) is 5.91 Å². The molecule has 96 valence electrons. The summed E-state index contributed by atoms with van der Waals surface area (Å²) < 4.78 is 6.34. The monoisotopic (exact) mass is 320 g/mol. The first-order valence-electron chi connectivity index (χ1n) is 5.35. The minimum absolute atomic E-state index is 0.0445. The molecule has 0 saturated heterocycles. The molecule has 0 bridgehead atoms. The highest BCUT2D eigenvalue weighted by Crippen LogP contribution is 2.21. The van der Waals surface area contributed by atoms with Crippen LogP contribution in [0.3, 0.4) is 0 Å². The third-order valence-corrected chi connectivity index (χ3v) is 3.63. The van der Waals surface area contributed by atoms with E-state index in [1.165, 1.54) is 11.3 Å². The molecule has 1 rings (SSSR count). The summed E-state index contributed by atoms with van der Waals surface area (Å²) in [5, 5.41) is 2.81. The van der Waals surface area contributed by atoms with Gasteiger partial charge in [-0.25, -0.2) is 0 Å². The fourth-order valence-corrected chi connectivity index (χ4v) is 2.41. The van der Waals surface area contributed by atoms with Crippen LogP contribution in [0, 0.1) is 0 Å². The Balaban J connectivity index is 2.09. The Morgan fingerprint density at radius 1 is 1.47 bits per heavy atom. The van der Waals surface area contributed by atoms with E-state index in [1.54, 1.807) is 6.07 Å². The van der Waals surface area contributed by atoms with Crippen molar-refractivity contribution in [2.45, 2.75) is 0 Å². The molecule has 1 amide bonds. The number of rotatable bonds is 7. The molecule has 0 aromatic carbocycles. The zero-order valence-corrected chi connectivity index (χ0v) is 12.4. The van der Waals surface area contributed by atoms with E-state index in [9.17, 15) is 4.79 Å². The predicted molar refractivity (Wildman–Crippen MR) is 73.7 cm³/mol. The Kier molecular flexibility index (Phi) is 6.72. The van der Waals surface area contributed by atoms with Crippen molar-refractivity contribution in [1.29, 1.82) is 0 Å². The smallest absolute Gasteiger partial charge is 0.261 e. The van der Waals surface area contributed by atoms with Crippen molar-refractivity contribution in [3.8, 4) is 0 Å². The molecule has 0 radical (unpaired) electrons. The van der Waals surface area contributed by atoms with Gasteiger partial charge in [0.05, 0.1) is 21.9 Å². The number of carbonyl (C=O) groups is 1. The molecule has 1 N–H and O–H groups in total. The topological polar surface area (TPSA) is 41.6 Å². The van der Waals surface area contributed by atoms with Crippen molar-refractivity contribution in [1.82, 2.24) is 10.2 Å². The largest absolute Gasteiger partial charge is 0.378 e. The highest BCUT2D eigenvalue weighted by molar-refractivity contribution is 9.11. The second-order valence-corrected chi connectivity index (χ2v) is 6.24. The predicted octanol–water partition coefficient (Wildman–Crippen LogP) is 1.82. The molecule has 1 aromatic rings. The first kappa shape index (κ1) is 14.6. The quantitative estimate of drug-likeness (QED) is 0.779. The lowest BCUT2D eigenvalue weighted by molar-refractivity contribution is 0.0904. The lowest BCUT2D eigenvalue weighted by atomic mass is 10.4. The van der Waals surface area contributed by atoms with Crippen LogP contribution in [0.4, 0.5) is 0 Å². The summed E-state index contributed by atoms with van der Waals surface area (Å²) >= 11 is 4.75. The van der Waals surface area contributed by atoms with Gasteiger partial charge in [0, 0.05) is 13.1 Å². The van der Waals surface area contributed by atoms with Crippen LogP contribution >= 0.6 is 27.3 Å². The summed E-state index contributed by atoms with van der Waals surface area (Å²) in [5.74, 6) is -0.0445. The van der Waals surface area contributed by atoms with Crippen LogP contribution in [0.1, 0.15) is 9.67 Å². The Labute approximate surface area is 114 Å². The minimum atomic E-state index is -0.0445. The Morgan fingerprint density at radius 2 is 2.24 bits per heavy atom. The number of nitrogens with zero attached hydrogens (tertiary/aromatic N) is 1. The van der Waals surface area contributed by atoms with Gasteiger partial charge in [-0.15, -0.1) is 11.3 Å². The van der Waals surface area contributed by atoms with E-state index in [1.807, 2.05) is 20.2 Å². The zero-order chi connectivity index (χ0) is 12.7. The standard InChI is InChI=1S/C11H17BrN2O2S/c1-14(2)6-8-16-7-5-13-11(15)9-3-4-10(12)17-9/h3-4H,5-8H2,1-2H3,(H,13,15). The van der Waals surface area contributed by atoms with Gasteiger partial charge in [-0.2, -0.15) is 0 Å². The summed E-state index contributed by atoms with van der Waals surface area (Å²) in [5.41, 5.74) is 0. The lowest BCUT2D eigenvalue weighted by Gasteiger charge is -2.09. The van der Waals surface area contributed by atoms with Crippen molar-refractivity contribution in [2.24, 2.45) is 0 Å². The first-order chi connectivity index (χ1) is 8.09. The van der Waals surface area contributed by atoms with Crippen molar-refractivity contribution in [3.05, 3.63) is 20.8 Å². The Bertz CT molecular complexity index is 355. The molecular weight excluding hydrogens is 304 g/mol. The van der Waals surface area contributed by atoms with E-state index in [-0.39, 0.29) is 5.91 Å². The fourth-order valence-electron chi connectivity index (χ4n) is 1.11. The third kappa shape index (κ3) is 6.16. The second kappa shape index (κ2) is 7.81. The maximum Gasteiger partial charge on any atom is 0.261 e. The summed E-state index contributed by atoms with van der Waals surface area (Å²) in [7, 11) is 4.00. The van der Waals surface area contributed by atoms with E-state index in [2.05, 4.69) is 26.1 Å². The summed E-state index contributed by atoms with van der Waals surface area (Å²) in [6.07, 6.45) is 0. The molecule has 6 heteroatoms. The third-order valence-electron chi connectivity index (χ3n) is 2.01. The number of nitrogens with one attached hydrogen (secondary N) is 1. The van der Waals surface area contributed by atoms with Gasteiger partial charge in [-0.1, -0.05) is 0 Å². The van der Waals surface area contributed by atoms with Gasteiger partial charge in [-0.05, 0) is 42.2 Å². The van der Waals surface area contributed by atoms with Crippen LogP contribution in [0.15, 0.2) is 15.9 Å². The van der Waals surface area contributed by atoms with E-state index < -0.39 is 0 Å². The molecule has 1 heterocycles. The van der Waals surface area contributed by atoms with Crippen LogP contribution < -0.4 is 5.32 Å². The van der Waals surface area contributed by atoms with E-state index >= 15 is 0 Å². The average molecular weight is 321 g/mol. The molecule has 0 aliphatic carbocycles. The van der Waals surface area contributed by atoms with Gasteiger partial charge in [0.15, 0.2) is 0 Å². The lowest BCUT2D eigenvalue weighted by Crippen LogP contribution is -2.27. The van der Waals surface area contributed by atoms with Gasteiger partial charge in [-0.3, -0.25) is 4.79 Å². The number of likely N-dealkylation sites (N-methyl/N-ethyl adjacent to an activating group) is 1. The molecule has 0 atom stereocenters. The number of hydrogen-bond acceptors (Lipinski definition) is 4. The zero-order valence-electron chi connectivity index (χ0n) is 10.0. The van der Waals surface area contributed by atoms with E-state index in [4.69, 9.17) is 4.74 Å². The van der Waals surface area contributed by atoms with Gasteiger partial charge >= 0.3 is 0 Å². The van der Waals surface area contributed by atoms with Crippen LogP contribution in [0.2, 0.25) is 0 Å². The van der Waals surface area contributed by atoms with Crippen LogP contribution in [-0.2, 0) is 4.74 Å². The van der Waals surface area contributed by atoms with Crippen molar-refractivity contribution < 1.29 is 9.53 Å². The van der Waals surface area contributed by atoms with Crippen LogP contribution in [-0.4, -0.2) is 51.2 Å². The number of halogens is 1. The van der Waals surface area contributed by atoms with Crippen LogP contribution in [0.25, 0.3) is 0 Å². The van der Waals surface area contributed by atoms with Crippen molar-refractivity contribution in [3.63, 3.8) is 0 Å². The minimum Gasteiger partial charge on any atom is -0.378 e. The van der Waals surface area contributed by atoms with Crippen LogP contribution in [0.5, 0.6) is 0 Å². The van der Waals surface area contributed by atoms with Gasteiger partial charge in [0.1, 0.15) is 0 Å². The number of thiophene rings is 1. The molecule has 1 aromatic heterocycles. The number of hydrogen-bond donors (Lipinski definition) is 1. The van der Waals surface area contributed by atoms with Crippen molar-refractivity contribution >= 4 is 33.2 Å². The number of amides is 1. The second-order valence-electron chi connectivity index (χ2n) is 3.78. The van der Waals surface area contributed by atoms with Crippen molar-refractivity contribution in [2.75, 3.05) is 40.4 Å². The highest BCUT2D eigenvalue weighted by atomic mass is 79.9. The summed E-state index contributed by atoms with van der Waals surface area (Å²) in [6.45, 7) is 2.67. The fraction of sp³-hybridized carbons (Fsp3) is 0.545. The van der Waals surface area contributed by atoms with E-state index in [0.717, 1.165) is 10.3 Å². The molecule has 4 nitrogen and oxygen atoms in total. The summed E-state index contributed by atoms with van der Waals surface area (Å²) in [6, 6.07) is 3.67. The molecule has 0 unspecified atom stereocenters. The van der Waals surface area contributed by atoms with E-state index in [0.29, 0.717) is 24.6 Å². The number of carbonyl (C=O) groups excluding carboxylic acids is 1. The molecule has 0 saturated carbocycles. The molecule has 0 aliphatic heterocycles. The molecular formula is C11H17BrN2O2S. The Morgan fingerprint density at radius 3 is 2.82 bits per heavy atom. The SMILES string of the molecule is CN(C)CCOCCNC(=O)c1ccc(Br)s1. The normalized spacial score (nSPS) is 10.8. The number of ether oxygens (including phenoxy) is 1. The van der Waals surface area contributed by atoms with Gasteiger partial charge < -0.3 is 15.0 Å². The first-order valence-corrected chi connectivity index (χ1v) is 6.96. The molecule has 17 heavy (non-hydrogen) atoms. The molecule has 0 fully saturated rings. The van der Waals surface area contributed by atoms with Gasteiger partial charge in [0.2, 0.25) is 0 Å². The summed E-state index contributed by atoms with van der Waals surface area (Å²) in [4.78, 5) is 14.4. The molecule has 0 spiro atoms. The molecule has 0 aliphatic rings. The highest BCUT2D eigenvalue weighted by Gasteiger charge is 2.06. The Hall–Kier alpha value is -0.430. The maximum atomic E-state index is 11.6. The maximum absolute atomic E-state index is 11.6.